The largest absolute Gasteiger partial charge is 0.481 e. The average molecular weight is 608 g/mol. The Balaban J connectivity index is 1.30. The number of aromatic nitrogens is 1. The smallest absolute Gasteiger partial charge is 0.412 e. The van der Waals surface area contributed by atoms with Gasteiger partial charge in [0.25, 0.3) is 0 Å². The van der Waals surface area contributed by atoms with Gasteiger partial charge in [-0.25, -0.2) is 4.79 Å². The van der Waals surface area contributed by atoms with Gasteiger partial charge >= 0.3 is 12.1 Å². The first kappa shape index (κ1) is 25.0. The van der Waals surface area contributed by atoms with Crippen molar-refractivity contribution < 1.29 is 24.0 Å². The fourth-order valence-corrected chi connectivity index (χ4v) is 4.95. The van der Waals surface area contributed by atoms with Crippen LogP contribution in [0.4, 0.5) is 10.5 Å². The highest BCUT2D eigenvalue weighted by molar-refractivity contribution is 14.1. The number of rotatable bonds is 7. The van der Waals surface area contributed by atoms with Gasteiger partial charge in [-0.2, -0.15) is 0 Å². The minimum Gasteiger partial charge on any atom is -0.481 e. The van der Waals surface area contributed by atoms with Crippen molar-refractivity contribution in [2.75, 3.05) is 5.32 Å². The van der Waals surface area contributed by atoms with Gasteiger partial charge in [-0.1, -0.05) is 65.8 Å². The molecule has 8 heteroatoms. The second-order valence-electron chi connectivity index (χ2n) is 9.24. The van der Waals surface area contributed by atoms with Gasteiger partial charge in [0.1, 0.15) is 17.5 Å². The summed E-state index contributed by atoms with van der Waals surface area (Å²) in [5.74, 6) is -0.320. The molecule has 0 bridgehead atoms. The Bertz CT molecular complexity index is 1460. The lowest BCUT2D eigenvalue weighted by Crippen LogP contribution is -2.19. The number of benzene rings is 3. The number of carboxylic acid groups (broad SMARTS) is 1. The predicted octanol–water partition coefficient (Wildman–Crippen LogP) is 7.35. The second kappa shape index (κ2) is 10.0. The topological polar surface area (TPSA) is 102 Å². The molecule has 0 radical (unpaired) electrons. The summed E-state index contributed by atoms with van der Waals surface area (Å²) in [4.78, 5) is 24.2. The summed E-state index contributed by atoms with van der Waals surface area (Å²) in [6.07, 6.45) is 0.350. The number of ether oxygens (including phenoxy) is 1. The van der Waals surface area contributed by atoms with Gasteiger partial charge in [-0.15, -0.1) is 0 Å². The molecule has 2 N–H and O–H groups in total. The Morgan fingerprint density at radius 1 is 1.03 bits per heavy atom. The number of carbonyl (C=O) groups is 2. The predicted molar refractivity (Wildman–Crippen MR) is 148 cm³/mol. The SMILES string of the molecule is Cc1noc(-c2ccc(-c3ccc(C4(C(=O)O)CC4)cc3)cc2)c1NC(=O)O[C@H](C)c1cccc(I)c1. The molecular formula is C29H25IN2O5. The molecule has 1 saturated carbocycles. The molecule has 0 spiro atoms. The Kier molecular flexibility index (Phi) is 6.76. The maximum absolute atomic E-state index is 12.7. The highest BCUT2D eigenvalue weighted by Gasteiger charge is 2.51. The van der Waals surface area contributed by atoms with Crippen molar-refractivity contribution in [1.29, 1.82) is 0 Å². The highest BCUT2D eigenvalue weighted by Crippen LogP contribution is 2.48. The van der Waals surface area contributed by atoms with E-state index in [0.717, 1.165) is 31.4 Å². The van der Waals surface area contributed by atoms with Gasteiger partial charge in [-0.05, 0) is 83.7 Å². The maximum Gasteiger partial charge on any atom is 0.412 e. The normalized spacial score (nSPS) is 14.6. The number of halogens is 1. The number of aryl methyl sites for hydroxylation is 1. The molecule has 4 aromatic rings. The van der Waals surface area contributed by atoms with Crippen molar-refractivity contribution in [2.45, 2.75) is 38.2 Å². The van der Waals surface area contributed by atoms with E-state index < -0.39 is 23.6 Å². The molecule has 0 saturated heterocycles. The average Bonchev–Trinajstić information content (AvgIpc) is 3.64. The van der Waals surface area contributed by atoms with Crippen LogP contribution < -0.4 is 5.32 Å². The van der Waals surface area contributed by atoms with E-state index in [1.807, 2.05) is 79.7 Å². The third-order valence-corrected chi connectivity index (χ3v) is 7.44. The molecule has 1 atom stereocenters. The summed E-state index contributed by atoms with van der Waals surface area (Å²) in [5.41, 5.74) is 4.75. The summed E-state index contributed by atoms with van der Waals surface area (Å²) >= 11 is 2.22. The number of carboxylic acids is 1. The summed E-state index contributed by atoms with van der Waals surface area (Å²) in [6, 6.07) is 23.2. The van der Waals surface area contributed by atoms with Gasteiger partial charge in [0.2, 0.25) is 0 Å². The molecule has 5 rings (SSSR count). The van der Waals surface area contributed by atoms with E-state index in [-0.39, 0.29) is 0 Å². The van der Waals surface area contributed by atoms with Crippen molar-refractivity contribution in [2.24, 2.45) is 0 Å². The Morgan fingerprint density at radius 2 is 1.65 bits per heavy atom. The second-order valence-corrected chi connectivity index (χ2v) is 10.5. The lowest BCUT2D eigenvalue weighted by molar-refractivity contribution is -0.140. The van der Waals surface area contributed by atoms with Crippen LogP contribution in [0.15, 0.2) is 77.3 Å². The summed E-state index contributed by atoms with van der Waals surface area (Å²) in [7, 11) is 0. The Morgan fingerprint density at radius 3 is 2.24 bits per heavy atom. The number of nitrogens with zero attached hydrogens (tertiary/aromatic N) is 1. The van der Waals surface area contributed by atoms with Gasteiger partial charge in [-0.3, -0.25) is 10.1 Å². The van der Waals surface area contributed by atoms with Crippen molar-refractivity contribution in [3.63, 3.8) is 0 Å². The molecule has 1 fully saturated rings. The molecule has 1 aliphatic carbocycles. The standard InChI is InChI=1S/C29H25IN2O5/c1-17-25(31-28(35)36-18(2)22-4-3-5-24(30)16-22)26(37-32-17)21-8-6-19(7-9-21)20-10-12-23(13-11-20)29(14-15-29)27(33)34/h3-13,16,18H,14-15H2,1-2H3,(H,31,35)(H,33,34)/t18-/m1/s1. The highest BCUT2D eigenvalue weighted by atomic mass is 127. The van der Waals surface area contributed by atoms with Crippen LogP contribution in [-0.4, -0.2) is 22.3 Å². The lowest BCUT2D eigenvalue weighted by Gasteiger charge is -2.14. The summed E-state index contributed by atoms with van der Waals surface area (Å²) in [5, 5.41) is 16.3. The number of anilines is 1. The van der Waals surface area contributed by atoms with E-state index in [1.165, 1.54) is 0 Å². The Hall–Kier alpha value is -3.66. The first-order valence-corrected chi connectivity index (χ1v) is 13.0. The van der Waals surface area contributed by atoms with E-state index in [0.29, 0.717) is 30.0 Å². The van der Waals surface area contributed by atoms with Crippen LogP contribution in [0.1, 0.15) is 42.7 Å². The maximum atomic E-state index is 12.7. The zero-order chi connectivity index (χ0) is 26.2. The molecule has 1 aliphatic rings. The van der Waals surface area contributed by atoms with E-state index in [2.05, 4.69) is 33.1 Å². The molecular weight excluding hydrogens is 583 g/mol. The molecule has 0 unspecified atom stereocenters. The lowest BCUT2D eigenvalue weighted by atomic mass is 9.93. The first-order chi connectivity index (χ1) is 17.8. The van der Waals surface area contributed by atoms with E-state index in [4.69, 9.17) is 9.26 Å². The van der Waals surface area contributed by atoms with Crippen LogP contribution in [0.2, 0.25) is 0 Å². The van der Waals surface area contributed by atoms with Crippen LogP contribution in [0.25, 0.3) is 22.5 Å². The third kappa shape index (κ3) is 5.11. The van der Waals surface area contributed by atoms with Crippen molar-refractivity contribution in [1.82, 2.24) is 5.16 Å². The van der Waals surface area contributed by atoms with Crippen LogP contribution in [-0.2, 0) is 14.9 Å². The molecule has 1 amide bonds. The number of hydrogen-bond donors (Lipinski definition) is 2. The minimum absolute atomic E-state index is 0.422. The summed E-state index contributed by atoms with van der Waals surface area (Å²) < 4.78 is 12.2. The van der Waals surface area contributed by atoms with E-state index in [9.17, 15) is 14.7 Å². The Labute approximate surface area is 228 Å². The minimum atomic E-state index is -0.760. The van der Waals surface area contributed by atoms with Gasteiger partial charge in [0.05, 0.1) is 5.41 Å². The zero-order valence-corrected chi connectivity index (χ0v) is 22.5. The molecule has 37 heavy (non-hydrogen) atoms. The molecule has 1 heterocycles. The van der Waals surface area contributed by atoms with E-state index in [1.54, 1.807) is 6.92 Å². The monoisotopic (exact) mass is 608 g/mol. The molecule has 0 aliphatic heterocycles. The molecule has 1 aromatic heterocycles. The number of aliphatic carboxylic acids is 1. The molecule has 188 valence electrons. The fraction of sp³-hybridized carbons (Fsp3) is 0.207. The van der Waals surface area contributed by atoms with E-state index >= 15 is 0 Å². The number of hydrogen-bond acceptors (Lipinski definition) is 5. The molecule has 3 aromatic carbocycles. The van der Waals surface area contributed by atoms with Crippen LogP contribution in [0, 0.1) is 10.5 Å². The summed E-state index contributed by atoms with van der Waals surface area (Å²) in [6.45, 7) is 3.58. The van der Waals surface area contributed by atoms with Gasteiger partial charge in [0.15, 0.2) is 5.76 Å². The van der Waals surface area contributed by atoms with Gasteiger partial charge < -0.3 is 14.4 Å². The number of carbonyl (C=O) groups excluding carboxylic acids is 1. The number of amides is 1. The van der Waals surface area contributed by atoms with Crippen LogP contribution in [0.3, 0.4) is 0 Å². The first-order valence-electron chi connectivity index (χ1n) is 11.9. The quantitative estimate of drug-likeness (QED) is 0.213. The number of nitrogens with one attached hydrogen (secondary N) is 1. The van der Waals surface area contributed by atoms with Crippen molar-refractivity contribution >= 4 is 40.3 Å². The van der Waals surface area contributed by atoms with Crippen molar-refractivity contribution in [3.05, 3.63) is 93.2 Å². The van der Waals surface area contributed by atoms with Gasteiger partial charge in [0, 0.05) is 9.13 Å². The fourth-order valence-electron chi connectivity index (χ4n) is 4.38. The van der Waals surface area contributed by atoms with Crippen LogP contribution >= 0.6 is 22.6 Å². The zero-order valence-electron chi connectivity index (χ0n) is 20.3. The molecule has 7 nitrogen and oxygen atoms in total. The van der Waals surface area contributed by atoms with Crippen LogP contribution in [0.5, 0.6) is 0 Å². The third-order valence-electron chi connectivity index (χ3n) is 6.77. The van der Waals surface area contributed by atoms with Crippen molar-refractivity contribution in [3.8, 4) is 22.5 Å².